The number of aromatic nitrogens is 1. The maximum atomic E-state index is 11.3. The molecule has 2 aliphatic heterocycles. The molecule has 5 rings (SSSR count). The number of likely N-dealkylation sites (tertiary alicyclic amines) is 1. The Morgan fingerprint density at radius 3 is 2.79 bits per heavy atom. The van der Waals surface area contributed by atoms with E-state index in [1.54, 1.807) is 20.2 Å². The van der Waals surface area contributed by atoms with Crippen LogP contribution in [0.5, 0.6) is 11.6 Å². The number of fused-ring (bicyclic) bond motifs is 1. The van der Waals surface area contributed by atoms with E-state index >= 15 is 0 Å². The standard InChI is InChI=1S/C32H38N2O4/c1-21(31(35)36)16-22-6-7-23-9-11-28(38-29(23)17-22)25-8-10-27(24-12-14-33-30(19-24)37-4)26(18-25)20-34-15-5-13-32(34,2)3/h6-8,10,12,14,17-19,21,28H,5,9,11,13,15-16,20H2,1-4H3,(H,35,36)/t21?,28-/m0/s1. The van der Waals surface area contributed by atoms with Crippen molar-refractivity contribution in [2.75, 3.05) is 13.7 Å². The Morgan fingerprint density at radius 2 is 2.05 bits per heavy atom. The molecule has 0 aliphatic carbocycles. The molecular weight excluding hydrogens is 476 g/mol. The minimum atomic E-state index is -0.776. The average Bonchev–Trinajstić information content (AvgIpc) is 3.25. The summed E-state index contributed by atoms with van der Waals surface area (Å²) >= 11 is 0. The van der Waals surface area contributed by atoms with Crippen molar-refractivity contribution in [3.05, 3.63) is 77.0 Å². The molecule has 1 N–H and O–H groups in total. The van der Waals surface area contributed by atoms with Crippen LogP contribution < -0.4 is 9.47 Å². The monoisotopic (exact) mass is 514 g/mol. The lowest BCUT2D eigenvalue weighted by Crippen LogP contribution is -2.37. The molecule has 200 valence electrons. The lowest BCUT2D eigenvalue weighted by Gasteiger charge is -2.33. The van der Waals surface area contributed by atoms with Gasteiger partial charge in [0.25, 0.3) is 0 Å². The number of hydrogen-bond donors (Lipinski definition) is 1. The fraction of sp³-hybridized carbons (Fsp3) is 0.438. The van der Waals surface area contributed by atoms with E-state index in [2.05, 4.69) is 48.0 Å². The van der Waals surface area contributed by atoms with Crippen molar-refractivity contribution < 1.29 is 19.4 Å². The molecule has 3 aromatic rings. The maximum Gasteiger partial charge on any atom is 0.306 e. The molecule has 2 aliphatic rings. The van der Waals surface area contributed by atoms with Gasteiger partial charge < -0.3 is 14.6 Å². The van der Waals surface area contributed by atoms with Gasteiger partial charge in [0, 0.05) is 24.3 Å². The molecule has 3 heterocycles. The number of pyridine rings is 1. The fourth-order valence-electron chi connectivity index (χ4n) is 5.79. The average molecular weight is 515 g/mol. The second kappa shape index (κ2) is 10.8. The predicted molar refractivity (Wildman–Crippen MR) is 149 cm³/mol. The van der Waals surface area contributed by atoms with Gasteiger partial charge in [-0.05, 0) is 98.0 Å². The van der Waals surface area contributed by atoms with Gasteiger partial charge in [-0.1, -0.05) is 37.3 Å². The van der Waals surface area contributed by atoms with E-state index in [0.29, 0.717) is 12.3 Å². The van der Waals surface area contributed by atoms with Crippen LogP contribution in [-0.2, 0) is 24.2 Å². The SMILES string of the molecule is COc1cc(-c2ccc([C@@H]3CCc4ccc(CC(C)C(=O)O)cc4O3)cc2CN2CCCC2(C)C)ccn1. The van der Waals surface area contributed by atoms with E-state index in [-0.39, 0.29) is 11.6 Å². The summed E-state index contributed by atoms with van der Waals surface area (Å²) < 4.78 is 12.0. The summed E-state index contributed by atoms with van der Waals surface area (Å²) in [5, 5.41) is 9.32. The summed E-state index contributed by atoms with van der Waals surface area (Å²) in [4.78, 5) is 18.2. The number of hydrogen-bond acceptors (Lipinski definition) is 5. The highest BCUT2D eigenvalue weighted by Gasteiger charge is 2.32. The highest BCUT2D eigenvalue weighted by atomic mass is 16.5. The largest absolute Gasteiger partial charge is 0.485 e. The van der Waals surface area contributed by atoms with E-state index < -0.39 is 11.9 Å². The number of aliphatic carboxylic acids is 1. The molecular formula is C32H38N2O4. The summed E-state index contributed by atoms with van der Waals surface area (Å²) in [6.45, 7) is 8.39. The first-order chi connectivity index (χ1) is 18.2. The van der Waals surface area contributed by atoms with Gasteiger partial charge in [-0.25, -0.2) is 4.98 Å². The van der Waals surface area contributed by atoms with E-state index in [0.717, 1.165) is 42.8 Å². The topological polar surface area (TPSA) is 71.9 Å². The van der Waals surface area contributed by atoms with Crippen molar-refractivity contribution >= 4 is 5.97 Å². The van der Waals surface area contributed by atoms with Crippen molar-refractivity contribution in [3.63, 3.8) is 0 Å². The minimum Gasteiger partial charge on any atom is -0.485 e. The number of carboxylic acids is 1. The highest BCUT2D eigenvalue weighted by molar-refractivity contribution is 5.70. The zero-order valence-corrected chi connectivity index (χ0v) is 22.9. The fourth-order valence-corrected chi connectivity index (χ4v) is 5.79. The molecule has 1 fully saturated rings. The Bertz CT molecular complexity index is 1320. The second-order valence-corrected chi connectivity index (χ2v) is 11.4. The van der Waals surface area contributed by atoms with Crippen LogP contribution in [0, 0.1) is 5.92 Å². The first-order valence-corrected chi connectivity index (χ1v) is 13.6. The number of ether oxygens (including phenoxy) is 2. The van der Waals surface area contributed by atoms with Crippen LogP contribution in [0.4, 0.5) is 0 Å². The van der Waals surface area contributed by atoms with Crippen LogP contribution >= 0.6 is 0 Å². The molecule has 0 radical (unpaired) electrons. The Kier molecular flexibility index (Phi) is 7.44. The second-order valence-electron chi connectivity index (χ2n) is 11.4. The van der Waals surface area contributed by atoms with Crippen molar-refractivity contribution in [2.24, 2.45) is 5.92 Å². The Hall–Kier alpha value is -3.38. The Labute approximate surface area is 225 Å². The highest BCUT2D eigenvalue weighted by Crippen LogP contribution is 2.39. The van der Waals surface area contributed by atoms with Crippen molar-refractivity contribution in [3.8, 4) is 22.8 Å². The number of methoxy groups -OCH3 is 1. The molecule has 1 saturated heterocycles. The van der Waals surface area contributed by atoms with Crippen LogP contribution in [0.25, 0.3) is 11.1 Å². The van der Waals surface area contributed by atoms with Crippen molar-refractivity contribution in [1.82, 2.24) is 9.88 Å². The summed E-state index contributed by atoms with van der Waals surface area (Å²) in [6, 6.07) is 16.9. The van der Waals surface area contributed by atoms with Crippen LogP contribution in [-0.4, -0.2) is 40.2 Å². The van der Waals surface area contributed by atoms with Crippen molar-refractivity contribution in [2.45, 2.75) is 71.1 Å². The minimum absolute atomic E-state index is 0.0407. The van der Waals surface area contributed by atoms with Crippen LogP contribution in [0.3, 0.4) is 0 Å². The smallest absolute Gasteiger partial charge is 0.306 e. The molecule has 0 spiro atoms. The Morgan fingerprint density at radius 1 is 1.21 bits per heavy atom. The van der Waals surface area contributed by atoms with Gasteiger partial charge >= 0.3 is 5.97 Å². The Balaban J connectivity index is 1.45. The lowest BCUT2D eigenvalue weighted by atomic mass is 9.91. The summed E-state index contributed by atoms with van der Waals surface area (Å²) in [6.07, 6.45) is 6.53. The molecule has 1 aromatic heterocycles. The number of carboxylic acid groups (broad SMARTS) is 1. The van der Waals surface area contributed by atoms with Gasteiger partial charge in [0.2, 0.25) is 5.88 Å². The van der Waals surface area contributed by atoms with Gasteiger partial charge in [0.1, 0.15) is 11.9 Å². The predicted octanol–water partition coefficient (Wildman–Crippen LogP) is 6.46. The molecule has 0 amide bonds. The van der Waals surface area contributed by atoms with Gasteiger partial charge in [0.05, 0.1) is 13.0 Å². The molecule has 0 saturated carbocycles. The number of nitrogens with zero attached hydrogens (tertiary/aromatic N) is 2. The van der Waals surface area contributed by atoms with Gasteiger partial charge in [-0.2, -0.15) is 0 Å². The molecule has 1 unspecified atom stereocenters. The van der Waals surface area contributed by atoms with Gasteiger partial charge in [-0.3, -0.25) is 9.69 Å². The van der Waals surface area contributed by atoms with E-state index in [1.165, 1.54) is 35.1 Å². The van der Waals surface area contributed by atoms with E-state index in [1.807, 2.05) is 24.3 Å². The summed E-state index contributed by atoms with van der Waals surface area (Å²) in [5.74, 6) is 0.284. The number of aryl methyl sites for hydroxylation is 1. The molecule has 6 nitrogen and oxygen atoms in total. The van der Waals surface area contributed by atoms with E-state index in [9.17, 15) is 9.90 Å². The number of benzene rings is 2. The third-order valence-electron chi connectivity index (χ3n) is 8.23. The molecule has 2 atom stereocenters. The third kappa shape index (κ3) is 5.56. The number of rotatable bonds is 8. The summed E-state index contributed by atoms with van der Waals surface area (Å²) in [7, 11) is 1.65. The molecule has 2 aromatic carbocycles. The third-order valence-corrected chi connectivity index (χ3v) is 8.23. The zero-order valence-electron chi connectivity index (χ0n) is 22.9. The van der Waals surface area contributed by atoms with Crippen LogP contribution in [0.1, 0.15) is 68.4 Å². The van der Waals surface area contributed by atoms with Gasteiger partial charge in [-0.15, -0.1) is 0 Å². The van der Waals surface area contributed by atoms with Gasteiger partial charge in [0.15, 0.2) is 0 Å². The quantitative estimate of drug-likeness (QED) is 0.372. The zero-order chi connectivity index (χ0) is 26.9. The van der Waals surface area contributed by atoms with Crippen LogP contribution in [0.15, 0.2) is 54.7 Å². The first kappa shape index (κ1) is 26.2. The number of carbonyl (C=O) groups is 1. The first-order valence-electron chi connectivity index (χ1n) is 13.6. The van der Waals surface area contributed by atoms with Crippen molar-refractivity contribution in [1.29, 1.82) is 0 Å². The molecule has 0 bridgehead atoms. The van der Waals surface area contributed by atoms with Crippen LogP contribution in [0.2, 0.25) is 0 Å². The summed E-state index contributed by atoms with van der Waals surface area (Å²) in [5.41, 5.74) is 7.11. The normalized spacial score (nSPS) is 19.4. The molecule has 6 heteroatoms. The maximum absolute atomic E-state index is 11.3. The molecule has 38 heavy (non-hydrogen) atoms. The lowest BCUT2D eigenvalue weighted by molar-refractivity contribution is -0.141. The van der Waals surface area contributed by atoms with E-state index in [4.69, 9.17) is 9.47 Å².